The number of halogens is 1. The van der Waals surface area contributed by atoms with Crippen molar-refractivity contribution in [1.29, 1.82) is 0 Å². The first-order chi connectivity index (χ1) is 15.9. The van der Waals surface area contributed by atoms with Crippen LogP contribution in [0.5, 0.6) is 5.75 Å². The van der Waals surface area contributed by atoms with E-state index in [1.54, 1.807) is 18.2 Å². The molecule has 1 heterocycles. The molecule has 6 nitrogen and oxygen atoms in total. The molecule has 1 aliphatic heterocycles. The molecule has 3 aromatic carbocycles. The van der Waals surface area contributed by atoms with Crippen LogP contribution in [0.2, 0.25) is 5.02 Å². The summed E-state index contributed by atoms with van der Waals surface area (Å²) in [5.41, 5.74) is 1.97. The van der Waals surface area contributed by atoms with Crippen molar-refractivity contribution in [3.63, 3.8) is 0 Å². The summed E-state index contributed by atoms with van der Waals surface area (Å²) < 4.78 is 30.4. The molecule has 1 amide bonds. The lowest BCUT2D eigenvalue weighted by molar-refractivity contribution is -0.132. The summed E-state index contributed by atoms with van der Waals surface area (Å²) in [5.74, 6) is 0.405. The van der Waals surface area contributed by atoms with E-state index in [1.165, 1.54) is 24.3 Å². The van der Waals surface area contributed by atoms with Gasteiger partial charge in [0.1, 0.15) is 10.6 Å². The van der Waals surface area contributed by atoms with Gasteiger partial charge < -0.3 is 9.08 Å². The van der Waals surface area contributed by atoms with Crippen LogP contribution in [-0.4, -0.2) is 50.3 Å². The van der Waals surface area contributed by atoms with Crippen LogP contribution < -0.4 is 4.18 Å². The van der Waals surface area contributed by atoms with Gasteiger partial charge >= 0.3 is 10.1 Å². The highest BCUT2D eigenvalue weighted by molar-refractivity contribution is 7.87. The smallest absolute Gasteiger partial charge is 0.339 e. The highest BCUT2D eigenvalue weighted by Gasteiger charge is 2.22. The maximum Gasteiger partial charge on any atom is 0.339 e. The van der Waals surface area contributed by atoms with Crippen molar-refractivity contribution in [2.45, 2.75) is 17.9 Å². The van der Waals surface area contributed by atoms with Gasteiger partial charge in [0.25, 0.3) is 0 Å². The van der Waals surface area contributed by atoms with Crippen molar-refractivity contribution in [3.8, 4) is 5.75 Å². The average Bonchev–Trinajstić information content (AvgIpc) is 2.80. The van der Waals surface area contributed by atoms with E-state index in [2.05, 4.69) is 4.90 Å². The van der Waals surface area contributed by atoms with E-state index in [1.807, 2.05) is 41.3 Å². The van der Waals surface area contributed by atoms with Crippen molar-refractivity contribution in [1.82, 2.24) is 9.80 Å². The molecule has 0 unspecified atom stereocenters. The van der Waals surface area contributed by atoms with Gasteiger partial charge in [-0.2, -0.15) is 8.42 Å². The third kappa shape index (κ3) is 6.35. The molecule has 4 rings (SSSR count). The Balaban J connectivity index is 1.32. The molecule has 0 radical (unpaired) electrons. The molecule has 33 heavy (non-hydrogen) atoms. The lowest BCUT2D eigenvalue weighted by Gasteiger charge is -2.35. The Morgan fingerprint density at radius 1 is 0.848 bits per heavy atom. The zero-order chi connectivity index (χ0) is 23.3. The molecule has 1 fully saturated rings. The first-order valence-corrected chi connectivity index (χ1v) is 12.5. The van der Waals surface area contributed by atoms with Crippen LogP contribution in [0.15, 0.2) is 83.8 Å². The molecular formula is C25H25ClN2O4S. The van der Waals surface area contributed by atoms with Crippen molar-refractivity contribution in [2.75, 3.05) is 26.2 Å². The van der Waals surface area contributed by atoms with Crippen LogP contribution in [0.4, 0.5) is 0 Å². The summed E-state index contributed by atoms with van der Waals surface area (Å²) in [4.78, 5) is 16.8. The molecule has 3 aromatic rings. The number of hydrogen-bond acceptors (Lipinski definition) is 5. The number of piperazine rings is 1. The van der Waals surface area contributed by atoms with E-state index in [4.69, 9.17) is 15.8 Å². The molecule has 172 valence electrons. The van der Waals surface area contributed by atoms with Crippen LogP contribution in [0, 0.1) is 0 Å². The van der Waals surface area contributed by atoms with Gasteiger partial charge in [-0.15, -0.1) is 0 Å². The molecule has 0 aromatic heterocycles. The molecule has 0 N–H and O–H groups in total. The predicted octanol–water partition coefficient (Wildman–Crippen LogP) is 3.99. The Bertz CT molecular complexity index is 1190. The Hall–Kier alpha value is -2.87. The summed E-state index contributed by atoms with van der Waals surface area (Å²) in [6.07, 6.45) is 0.419. The minimum absolute atomic E-state index is 0.0496. The molecule has 0 aliphatic carbocycles. The van der Waals surface area contributed by atoms with E-state index < -0.39 is 10.1 Å². The maximum absolute atomic E-state index is 12.6. The Labute approximate surface area is 199 Å². The van der Waals surface area contributed by atoms with Gasteiger partial charge in [0.05, 0.1) is 6.42 Å². The highest BCUT2D eigenvalue weighted by Crippen LogP contribution is 2.22. The Morgan fingerprint density at radius 2 is 1.52 bits per heavy atom. The van der Waals surface area contributed by atoms with Crippen LogP contribution in [0.3, 0.4) is 0 Å². The number of carbonyl (C=O) groups is 1. The van der Waals surface area contributed by atoms with E-state index in [0.29, 0.717) is 31.1 Å². The number of benzene rings is 3. The molecule has 8 heteroatoms. The van der Waals surface area contributed by atoms with E-state index >= 15 is 0 Å². The van der Waals surface area contributed by atoms with Gasteiger partial charge in [-0.25, -0.2) is 0 Å². The molecular weight excluding hydrogens is 460 g/mol. The Morgan fingerprint density at radius 3 is 2.21 bits per heavy atom. The number of rotatable bonds is 7. The third-order valence-electron chi connectivity index (χ3n) is 5.54. The first kappa shape index (κ1) is 23.3. The fraction of sp³-hybridized carbons (Fsp3) is 0.240. The summed E-state index contributed by atoms with van der Waals surface area (Å²) in [7, 11) is -3.94. The number of amides is 1. The van der Waals surface area contributed by atoms with Gasteiger partial charge in [-0.3, -0.25) is 9.69 Å². The SMILES string of the molecule is O=C(Cc1ccccc1)N1CCN(Cc2cccc(OS(=O)(=O)c3ccc(Cl)cc3)c2)CC1. The maximum atomic E-state index is 12.6. The number of carbonyl (C=O) groups excluding carboxylic acids is 1. The van der Waals surface area contributed by atoms with Crippen molar-refractivity contribution >= 4 is 27.6 Å². The topological polar surface area (TPSA) is 66.9 Å². The molecule has 0 saturated carbocycles. The summed E-state index contributed by atoms with van der Waals surface area (Å²) in [6, 6.07) is 22.7. The second-order valence-electron chi connectivity index (χ2n) is 7.96. The minimum atomic E-state index is -3.94. The average molecular weight is 485 g/mol. The molecule has 0 bridgehead atoms. The highest BCUT2D eigenvalue weighted by atomic mass is 35.5. The van der Waals surface area contributed by atoms with Crippen molar-refractivity contribution in [3.05, 3.63) is 95.0 Å². The normalized spacial score (nSPS) is 14.8. The van der Waals surface area contributed by atoms with E-state index in [9.17, 15) is 13.2 Å². The van der Waals surface area contributed by atoms with E-state index in [0.717, 1.165) is 24.2 Å². The summed E-state index contributed by atoms with van der Waals surface area (Å²) >= 11 is 5.84. The third-order valence-corrected chi connectivity index (χ3v) is 7.05. The van der Waals surface area contributed by atoms with Crippen molar-refractivity contribution < 1.29 is 17.4 Å². The zero-order valence-electron chi connectivity index (χ0n) is 18.1. The monoisotopic (exact) mass is 484 g/mol. The lowest BCUT2D eigenvalue weighted by Crippen LogP contribution is -2.48. The summed E-state index contributed by atoms with van der Waals surface area (Å²) in [6.45, 7) is 3.52. The van der Waals surface area contributed by atoms with Crippen LogP contribution in [0.25, 0.3) is 0 Å². The van der Waals surface area contributed by atoms with Gasteiger partial charge in [0.15, 0.2) is 0 Å². The van der Waals surface area contributed by atoms with Crippen LogP contribution >= 0.6 is 11.6 Å². The number of hydrogen-bond donors (Lipinski definition) is 0. The molecule has 0 atom stereocenters. The van der Waals surface area contributed by atoms with Crippen LogP contribution in [-0.2, 0) is 27.9 Å². The quantitative estimate of drug-likeness (QED) is 0.474. The summed E-state index contributed by atoms with van der Waals surface area (Å²) in [5, 5.41) is 0.456. The second kappa shape index (κ2) is 10.4. The fourth-order valence-electron chi connectivity index (χ4n) is 3.77. The number of nitrogens with zero attached hydrogens (tertiary/aromatic N) is 2. The van der Waals surface area contributed by atoms with Gasteiger partial charge in [-0.1, -0.05) is 54.1 Å². The van der Waals surface area contributed by atoms with Gasteiger partial charge in [-0.05, 0) is 47.5 Å². The standard InChI is InChI=1S/C25H25ClN2O4S/c26-22-9-11-24(12-10-22)33(30,31)32-23-8-4-7-21(17-23)19-27-13-15-28(16-14-27)25(29)18-20-5-2-1-3-6-20/h1-12,17H,13-16,18-19H2. The molecule has 1 saturated heterocycles. The first-order valence-electron chi connectivity index (χ1n) is 10.7. The minimum Gasteiger partial charge on any atom is -0.379 e. The largest absolute Gasteiger partial charge is 0.379 e. The fourth-order valence-corrected chi connectivity index (χ4v) is 4.82. The predicted molar refractivity (Wildman–Crippen MR) is 128 cm³/mol. The van der Waals surface area contributed by atoms with E-state index in [-0.39, 0.29) is 16.6 Å². The second-order valence-corrected chi connectivity index (χ2v) is 9.94. The van der Waals surface area contributed by atoms with Gasteiger partial charge in [0.2, 0.25) is 5.91 Å². The zero-order valence-corrected chi connectivity index (χ0v) is 19.6. The van der Waals surface area contributed by atoms with Gasteiger partial charge in [0, 0.05) is 37.7 Å². The van der Waals surface area contributed by atoms with Crippen LogP contribution in [0.1, 0.15) is 11.1 Å². The van der Waals surface area contributed by atoms with Crippen molar-refractivity contribution in [2.24, 2.45) is 0 Å². The Kier molecular flexibility index (Phi) is 7.33. The molecule has 1 aliphatic rings. The molecule has 0 spiro atoms. The lowest BCUT2D eigenvalue weighted by atomic mass is 10.1.